The van der Waals surface area contributed by atoms with Crippen LogP contribution < -0.4 is 14.4 Å². The first-order valence-electron chi connectivity index (χ1n) is 13.3. The lowest BCUT2D eigenvalue weighted by atomic mass is 10.1. The highest BCUT2D eigenvalue weighted by Crippen LogP contribution is 2.38. The summed E-state index contributed by atoms with van der Waals surface area (Å²) in [5, 5.41) is 2.10. The lowest BCUT2D eigenvalue weighted by Crippen LogP contribution is -2.51. The molecule has 0 saturated carbocycles. The molecular weight excluding hydrogens is 607 g/mol. The van der Waals surface area contributed by atoms with Crippen LogP contribution in [0.5, 0.6) is 5.75 Å². The topological polar surface area (TPSA) is 96.0 Å². The molecule has 0 heterocycles. The fraction of sp³-hybridized carbons (Fsp3) is 0.333. The molecule has 13 heteroatoms. The smallest absolute Gasteiger partial charge is 0.417 e. The maximum atomic E-state index is 13.9. The quantitative estimate of drug-likeness (QED) is 0.270. The number of nitrogens with zero attached hydrogens (tertiary/aromatic N) is 2. The van der Waals surface area contributed by atoms with Crippen LogP contribution in [0, 0.1) is 6.92 Å². The Morgan fingerprint density at radius 2 is 1.65 bits per heavy atom. The number of hydrogen-bond donors (Lipinski definition) is 1. The van der Waals surface area contributed by atoms with Gasteiger partial charge in [-0.2, -0.15) is 13.2 Å². The van der Waals surface area contributed by atoms with Gasteiger partial charge < -0.3 is 15.0 Å². The fourth-order valence-electron chi connectivity index (χ4n) is 4.16. The van der Waals surface area contributed by atoms with E-state index in [0.29, 0.717) is 34.7 Å². The molecule has 0 aliphatic rings. The number of ether oxygens (including phenoxy) is 1. The second kappa shape index (κ2) is 14.1. The second-order valence-electron chi connectivity index (χ2n) is 9.82. The summed E-state index contributed by atoms with van der Waals surface area (Å²) in [5.41, 5.74) is -0.308. The second-order valence-corrected chi connectivity index (χ2v) is 12.1. The van der Waals surface area contributed by atoms with Gasteiger partial charge in [0, 0.05) is 13.1 Å². The lowest BCUT2D eigenvalue weighted by Gasteiger charge is -2.32. The highest BCUT2D eigenvalue weighted by atomic mass is 35.5. The Hall–Kier alpha value is -3.77. The van der Waals surface area contributed by atoms with E-state index in [-0.39, 0.29) is 11.4 Å². The Kier molecular flexibility index (Phi) is 11.1. The third-order valence-corrected chi connectivity index (χ3v) is 8.78. The number of alkyl halides is 3. The van der Waals surface area contributed by atoms with Gasteiger partial charge in [-0.3, -0.25) is 13.9 Å². The van der Waals surface area contributed by atoms with Gasteiger partial charge in [0.1, 0.15) is 18.3 Å². The van der Waals surface area contributed by atoms with E-state index in [1.54, 1.807) is 31.2 Å². The highest BCUT2D eigenvalue weighted by molar-refractivity contribution is 7.92. The molecule has 0 aliphatic heterocycles. The Morgan fingerprint density at radius 3 is 2.21 bits per heavy atom. The van der Waals surface area contributed by atoms with E-state index in [4.69, 9.17) is 16.3 Å². The first-order valence-corrected chi connectivity index (χ1v) is 15.2. The number of hydrogen-bond acceptors (Lipinski definition) is 5. The van der Waals surface area contributed by atoms with Crippen molar-refractivity contribution in [2.45, 2.75) is 50.9 Å². The van der Waals surface area contributed by atoms with E-state index < -0.39 is 56.9 Å². The molecule has 1 N–H and O–H groups in total. The van der Waals surface area contributed by atoms with Crippen LogP contribution in [0.4, 0.5) is 18.9 Å². The largest absolute Gasteiger partial charge is 0.497 e. The van der Waals surface area contributed by atoms with Crippen molar-refractivity contribution in [2.75, 3.05) is 24.5 Å². The van der Waals surface area contributed by atoms with E-state index >= 15 is 0 Å². The van der Waals surface area contributed by atoms with Crippen LogP contribution in [0.25, 0.3) is 0 Å². The summed E-state index contributed by atoms with van der Waals surface area (Å²) in [4.78, 5) is 27.8. The Labute approximate surface area is 254 Å². The average molecular weight is 640 g/mol. The van der Waals surface area contributed by atoms with Crippen molar-refractivity contribution >= 4 is 39.1 Å². The number of sulfonamides is 1. The number of rotatable bonds is 12. The molecule has 232 valence electrons. The minimum atomic E-state index is -4.89. The number of carbonyl (C=O) groups is 2. The predicted octanol–water partition coefficient (Wildman–Crippen LogP) is 5.81. The van der Waals surface area contributed by atoms with Crippen LogP contribution in [0.1, 0.15) is 37.0 Å². The van der Waals surface area contributed by atoms with Gasteiger partial charge in [0.05, 0.1) is 28.3 Å². The molecule has 1 atom stereocenters. The summed E-state index contributed by atoms with van der Waals surface area (Å²) in [7, 11) is -3.06. The van der Waals surface area contributed by atoms with E-state index in [2.05, 4.69) is 5.32 Å². The van der Waals surface area contributed by atoms with Crippen molar-refractivity contribution in [3.05, 3.63) is 88.4 Å². The van der Waals surface area contributed by atoms with E-state index in [1.165, 1.54) is 43.2 Å². The van der Waals surface area contributed by atoms with Crippen molar-refractivity contribution in [3.63, 3.8) is 0 Å². The Bertz CT molecular complexity index is 1530. The number of benzene rings is 3. The van der Waals surface area contributed by atoms with Gasteiger partial charge in [0.2, 0.25) is 11.8 Å². The molecular formula is C30H33ClF3N3O5S. The number of halogens is 4. The molecule has 0 saturated heterocycles. The van der Waals surface area contributed by atoms with Gasteiger partial charge >= 0.3 is 6.18 Å². The van der Waals surface area contributed by atoms with Crippen molar-refractivity contribution in [3.8, 4) is 5.75 Å². The van der Waals surface area contributed by atoms with E-state index in [1.807, 2.05) is 6.92 Å². The minimum Gasteiger partial charge on any atom is -0.497 e. The van der Waals surface area contributed by atoms with Crippen molar-refractivity contribution in [2.24, 2.45) is 0 Å². The molecule has 0 fully saturated rings. The number of anilines is 1. The lowest BCUT2D eigenvalue weighted by molar-refractivity contribution is -0.139. The molecule has 3 aromatic rings. The molecule has 0 bridgehead atoms. The van der Waals surface area contributed by atoms with Gasteiger partial charge in [0.25, 0.3) is 10.0 Å². The summed E-state index contributed by atoms with van der Waals surface area (Å²) >= 11 is 5.80. The van der Waals surface area contributed by atoms with Crippen LogP contribution in [0.15, 0.2) is 71.6 Å². The van der Waals surface area contributed by atoms with E-state index in [0.717, 1.165) is 17.7 Å². The number of aryl methyl sites for hydroxylation is 1. The van der Waals surface area contributed by atoms with Gasteiger partial charge in [-0.05, 0) is 68.3 Å². The summed E-state index contributed by atoms with van der Waals surface area (Å²) in [6.45, 7) is 4.48. The molecule has 0 aliphatic carbocycles. The number of nitrogens with one attached hydrogen (secondary N) is 1. The van der Waals surface area contributed by atoms with Gasteiger partial charge in [-0.15, -0.1) is 0 Å². The predicted molar refractivity (Wildman–Crippen MR) is 158 cm³/mol. The SMILES string of the molecule is CCCNC(=O)[C@H](C)N(Cc1ccc(OC)cc1)C(=O)CN(c1ccc(Cl)c(C(F)(F)F)c1)S(=O)(=O)c1ccc(C)cc1. The van der Waals surface area contributed by atoms with Crippen molar-refractivity contribution < 1.29 is 35.9 Å². The first-order chi connectivity index (χ1) is 20.2. The van der Waals surface area contributed by atoms with Crippen LogP contribution in [-0.2, 0) is 32.3 Å². The van der Waals surface area contributed by atoms with Gasteiger partial charge in [-0.1, -0.05) is 48.4 Å². The van der Waals surface area contributed by atoms with Gasteiger partial charge in [0.15, 0.2) is 0 Å². The standard InChI is InChI=1S/C30H33ClF3N3O5S/c1-5-16-35-29(39)21(3)36(18-22-8-11-24(42-4)12-9-22)28(38)19-37(43(40,41)25-13-6-20(2)7-14-25)23-10-15-27(31)26(17-23)30(32,33)34/h6-15,17,21H,5,16,18-19H2,1-4H3,(H,35,39)/t21-/m0/s1. The average Bonchev–Trinajstić information content (AvgIpc) is 2.97. The highest BCUT2D eigenvalue weighted by Gasteiger charge is 2.37. The molecule has 43 heavy (non-hydrogen) atoms. The molecule has 0 unspecified atom stereocenters. The Balaban J connectivity index is 2.10. The summed E-state index contributed by atoms with van der Waals surface area (Å²) in [6.07, 6.45) is -4.24. The van der Waals surface area contributed by atoms with Crippen LogP contribution in [0.2, 0.25) is 5.02 Å². The summed E-state index contributed by atoms with van der Waals surface area (Å²) < 4.78 is 74.8. The van der Waals surface area contributed by atoms with Crippen molar-refractivity contribution in [1.82, 2.24) is 10.2 Å². The molecule has 8 nitrogen and oxygen atoms in total. The molecule has 0 spiro atoms. The number of methoxy groups -OCH3 is 1. The number of carbonyl (C=O) groups excluding carboxylic acids is 2. The third-order valence-electron chi connectivity index (χ3n) is 6.66. The fourth-order valence-corrected chi connectivity index (χ4v) is 5.79. The summed E-state index contributed by atoms with van der Waals surface area (Å²) in [5.74, 6) is -0.717. The zero-order valence-corrected chi connectivity index (χ0v) is 25.7. The maximum Gasteiger partial charge on any atom is 0.417 e. The molecule has 3 aromatic carbocycles. The minimum absolute atomic E-state index is 0.0869. The normalized spacial score (nSPS) is 12.4. The molecule has 0 aromatic heterocycles. The first kappa shape index (κ1) is 33.7. The molecule has 0 radical (unpaired) electrons. The maximum absolute atomic E-state index is 13.9. The zero-order valence-electron chi connectivity index (χ0n) is 24.1. The monoisotopic (exact) mass is 639 g/mol. The third kappa shape index (κ3) is 8.41. The van der Waals surface area contributed by atoms with Gasteiger partial charge in [-0.25, -0.2) is 8.42 Å². The van der Waals surface area contributed by atoms with Crippen LogP contribution >= 0.6 is 11.6 Å². The summed E-state index contributed by atoms with van der Waals surface area (Å²) in [6, 6.07) is 14.0. The molecule has 2 amide bonds. The zero-order chi connectivity index (χ0) is 31.9. The Morgan fingerprint density at radius 1 is 1.02 bits per heavy atom. The van der Waals surface area contributed by atoms with Crippen molar-refractivity contribution in [1.29, 1.82) is 0 Å². The van der Waals surface area contributed by atoms with Crippen LogP contribution in [-0.4, -0.2) is 51.4 Å². The number of amides is 2. The van der Waals surface area contributed by atoms with Crippen LogP contribution in [0.3, 0.4) is 0 Å². The molecule has 3 rings (SSSR count). The van der Waals surface area contributed by atoms with E-state index in [9.17, 15) is 31.2 Å².